The number of carbonyl (C=O) groups excluding carboxylic acids is 1. The minimum absolute atomic E-state index is 0.218. The molecule has 2 aromatic rings. The number of halogens is 1. The van der Waals surface area contributed by atoms with E-state index in [1.807, 2.05) is 24.3 Å². The number of rotatable bonds is 4. The van der Waals surface area contributed by atoms with E-state index in [-0.39, 0.29) is 12.0 Å². The van der Waals surface area contributed by atoms with Crippen LogP contribution >= 0.6 is 23.1 Å². The van der Waals surface area contributed by atoms with Crippen molar-refractivity contribution in [1.29, 1.82) is 0 Å². The van der Waals surface area contributed by atoms with Crippen LogP contribution in [0.5, 0.6) is 0 Å². The smallest absolute Gasteiger partial charge is 0.226 e. The molecule has 2 fully saturated rings. The zero-order chi connectivity index (χ0) is 18.8. The maximum atomic E-state index is 12.8. The number of hydrogen-bond acceptors (Lipinski definition) is 5. The minimum Gasteiger partial charge on any atom is -0.343 e. The number of benzene rings is 1. The average molecular weight is 405 g/mol. The van der Waals surface area contributed by atoms with Crippen LogP contribution in [0.3, 0.4) is 0 Å². The molecule has 7 heteroatoms. The van der Waals surface area contributed by atoms with Crippen molar-refractivity contribution in [3.8, 4) is 0 Å². The van der Waals surface area contributed by atoms with E-state index in [0.29, 0.717) is 12.3 Å². The molecule has 1 aromatic carbocycles. The Bertz CT molecular complexity index is 788. The molecule has 0 spiro atoms. The Morgan fingerprint density at radius 3 is 2.67 bits per heavy atom. The van der Waals surface area contributed by atoms with Crippen molar-refractivity contribution in [2.24, 2.45) is 5.92 Å². The monoisotopic (exact) mass is 404 g/mol. The molecule has 1 aliphatic carbocycles. The Kier molecular flexibility index (Phi) is 5.64. The summed E-state index contributed by atoms with van der Waals surface area (Å²) in [6, 6.07) is 8.03. The lowest BCUT2D eigenvalue weighted by molar-refractivity contribution is -0.137. The lowest BCUT2D eigenvalue weighted by Gasteiger charge is -2.40. The van der Waals surface area contributed by atoms with Gasteiger partial charge in [-0.2, -0.15) is 4.37 Å². The molecule has 5 nitrogen and oxygen atoms in total. The Morgan fingerprint density at radius 1 is 1.22 bits per heavy atom. The molecule has 1 aliphatic heterocycles. The summed E-state index contributed by atoms with van der Waals surface area (Å²) in [5.41, 5.74) is 1.16. The van der Waals surface area contributed by atoms with Crippen molar-refractivity contribution in [1.82, 2.24) is 14.3 Å². The van der Waals surface area contributed by atoms with Crippen LogP contribution in [0.4, 0.5) is 5.13 Å². The molecule has 27 heavy (non-hydrogen) atoms. The highest BCUT2D eigenvalue weighted by Crippen LogP contribution is 2.29. The molecule has 0 unspecified atom stereocenters. The maximum Gasteiger partial charge on any atom is 0.226 e. The summed E-state index contributed by atoms with van der Waals surface area (Å²) in [6.45, 7) is 4.59. The van der Waals surface area contributed by atoms with Crippen molar-refractivity contribution in [3.63, 3.8) is 0 Å². The van der Waals surface area contributed by atoms with Crippen LogP contribution in [0.15, 0.2) is 24.3 Å². The summed E-state index contributed by atoms with van der Waals surface area (Å²) in [5, 5.41) is 1.70. The average Bonchev–Trinajstić information content (AvgIpc) is 3.35. The number of piperazine rings is 1. The van der Waals surface area contributed by atoms with Crippen molar-refractivity contribution in [2.45, 2.75) is 45.1 Å². The fourth-order valence-corrected chi connectivity index (χ4v) is 4.94. The molecule has 2 aliphatic rings. The largest absolute Gasteiger partial charge is 0.343 e. The lowest BCUT2D eigenvalue weighted by Crippen LogP contribution is -2.55. The van der Waals surface area contributed by atoms with Crippen LogP contribution in [-0.2, 0) is 11.2 Å². The van der Waals surface area contributed by atoms with E-state index in [0.717, 1.165) is 54.0 Å². The highest BCUT2D eigenvalue weighted by molar-refractivity contribution is 7.09. The molecule has 1 aromatic heterocycles. The van der Waals surface area contributed by atoms with Crippen molar-refractivity contribution in [3.05, 3.63) is 40.7 Å². The first kappa shape index (κ1) is 18.7. The molecule has 0 radical (unpaired) electrons. The second kappa shape index (κ2) is 8.15. The summed E-state index contributed by atoms with van der Waals surface area (Å²) in [4.78, 5) is 21.8. The Morgan fingerprint density at radius 2 is 1.96 bits per heavy atom. The summed E-state index contributed by atoms with van der Waals surface area (Å²) in [6.07, 6.45) is 5.24. The van der Waals surface area contributed by atoms with Crippen LogP contribution in [0, 0.1) is 5.92 Å². The van der Waals surface area contributed by atoms with Crippen molar-refractivity contribution < 1.29 is 4.79 Å². The molecule has 1 saturated heterocycles. The minimum atomic E-state index is 0.218. The molecule has 4 rings (SSSR count). The van der Waals surface area contributed by atoms with Gasteiger partial charge in [0.25, 0.3) is 0 Å². The fourth-order valence-electron chi connectivity index (χ4n) is 4.10. The fraction of sp³-hybridized carbons (Fsp3) is 0.550. The van der Waals surface area contributed by atoms with Gasteiger partial charge in [-0.05, 0) is 37.5 Å². The zero-order valence-electron chi connectivity index (χ0n) is 15.6. The standard InChI is InChI=1S/C20H25ClN4OS/c1-14-13-24(10-11-25(14)19(26)16-4-2-3-5-16)20-22-18(23-27-20)12-15-6-8-17(21)9-7-15/h6-9,14,16H,2-5,10-13H2,1H3/t14-/m0/s1. The van der Waals surface area contributed by atoms with Gasteiger partial charge in [-0.25, -0.2) is 4.98 Å². The van der Waals surface area contributed by atoms with E-state index >= 15 is 0 Å². The molecular formula is C20H25ClN4OS. The first-order valence-electron chi connectivity index (χ1n) is 9.72. The molecule has 1 amide bonds. The quantitative estimate of drug-likeness (QED) is 0.772. The third-order valence-electron chi connectivity index (χ3n) is 5.62. The topological polar surface area (TPSA) is 49.3 Å². The van der Waals surface area contributed by atoms with E-state index in [2.05, 4.69) is 21.1 Å². The predicted octanol–water partition coefficient (Wildman–Crippen LogP) is 4.01. The number of carbonyl (C=O) groups is 1. The van der Waals surface area contributed by atoms with Gasteiger partial charge in [0.05, 0.1) is 0 Å². The summed E-state index contributed by atoms with van der Waals surface area (Å²) >= 11 is 7.40. The first-order valence-corrected chi connectivity index (χ1v) is 10.9. The molecule has 0 bridgehead atoms. The molecule has 1 saturated carbocycles. The van der Waals surface area contributed by atoms with Gasteiger partial charge in [0.15, 0.2) is 0 Å². The Labute approximate surface area is 169 Å². The van der Waals surface area contributed by atoms with Gasteiger partial charge in [-0.3, -0.25) is 4.79 Å². The number of anilines is 1. The van der Waals surface area contributed by atoms with Crippen molar-refractivity contribution >= 4 is 34.2 Å². The second-order valence-corrected chi connectivity index (χ2v) is 8.77. The van der Waals surface area contributed by atoms with E-state index in [9.17, 15) is 4.79 Å². The third-order valence-corrected chi connectivity index (χ3v) is 6.69. The van der Waals surface area contributed by atoms with Crippen LogP contribution in [0.1, 0.15) is 44.0 Å². The molecular weight excluding hydrogens is 380 g/mol. The molecule has 144 valence electrons. The van der Waals surface area contributed by atoms with Crippen molar-refractivity contribution in [2.75, 3.05) is 24.5 Å². The zero-order valence-corrected chi connectivity index (χ0v) is 17.2. The van der Waals surface area contributed by atoms with Gasteiger partial charge in [-0.1, -0.05) is 36.6 Å². The second-order valence-electron chi connectivity index (χ2n) is 7.60. The number of nitrogens with zero attached hydrogens (tertiary/aromatic N) is 4. The maximum absolute atomic E-state index is 12.8. The van der Waals surface area contributed by atoms with E-state index in [4.69, 9.17) is 16.6 Å². The SMILES string of the molecule is C[C@H]1CN(c2nc(Cc3ccc(Cl)cc3)ns2)CCN1C(=O)C1CCCC1. The van der Waals surface area contributed by atoms with Crippen LogP contribution in [0.25, 0.3) is 0 Å². The lowest BCUT2D eigenvalue weighted by atomic mass is 10.0. The van der Waals surface area contributed by atoms with E-state index in [1.54, 1.807) is 0 Å². The van der Waals surface area contributed by atoms with Gasteiger partial charge in [0.1, 0.15) is 5.82 Å². The number of amides is 1. The normalized spacial score (nSPS) is 21.0. The summed E-state index contributed by atoms with van der Waals surface area (Å²) < 4.78 is 4.53. The summed E-state index contributed by atoms with van der Waals surface area (Å²) in [5.74, 6) is 1.46. The van der Waals surface area contributed by atoms with Gasteiger partial charge < -0.3 is 9.80 Å². The predicted molar refractivity (Wildman–Crippen MR) is 110 cm³/mol. The van der Waals surface area contributed by atoms with Crippen LogP contribution < -0.4 is 4.90 Å². The van der Waals surface area contributed by atoms with Gasteiger partial charge in [-0.15, -0.1) is 0 Å². The highest BCUT2D eigenvalue weighted by Gasteiger charge is 2.33. The van der Waals surface area contributed by atoms with Crippen LogP contribution in [-0.4, -0.2) is 45.8 Å². The third kappa shape index (κ3) is 4.27. The Hall–Kier alpha value is -1.66. The Balaban J connectivity index is 1.37. The first-order chi connectivity index (χ1) is 13.1. The van der Waals surface area contributed by atoms with E-state index in [1.165, 1.54) is 24.4 Å². The number of hydrogen-bond donors (Lipinski definition) is 0. The van der Waals surface area contributed by atoms with E-state index < -0.39 is 0 Å². The van der Waals surface area contributed by atoms with Gasteiger partial charge in [0, 0.05) is 54.6 Å². The van der Waals surface area contributed by atoms with Crippen LogP contribution in [0.2, 0.25) is 5.02 Å². The molecule has 1 atom stereocenters. The molecule has 2 heterocycles. The molecule has 0 N–H and O–H groups in total. The van der Waals surface area contributed by atoms with Gasteiger partial charge in [0.2, 0.25) is 11.0 Å². The highest BCUT2D eigenvalue weighted by atomic mass is 35.5. The number of aromatic nitrogens is 2. The van der Waals surface area contributed by atoms with Gasteiger partial charge >= 0.3 is 0 Å². The summed E-state index contributed by atoms with van der Waals surface area (Å²) in [7, 11) is 0.